The second-order valence-corrected chi connectivity index (χ2v) is 5.54. The van der Waals surface area contributed by atoms with E-state index in [-0.39, 0.29) is 11.7 Å². The fourth-order valence-corrected chi connectivity index (χ4v) is 2.88. The predicted octanol–water partition coefficient (Wildman–Crippen LogP) is 3.34. The van der Waals surface area contributed by atoms with Crippen molar-refractivity contribution in [3.63, 3.8) is 0 Å². The van der Waals surface area contributed by atoms with Gasteiger partial charge in [-0.1, -0.05) is 42.1 Å². The van der Waals surface area contributed by atoms with Crippen molar-refractivity contribution in [1.82, 2.24) is 0 Å². The van der Waals surface area contributed by atoms with Gasteiger partial charge in [0, 0.05) is 11.8 Å². The molecule has 0 aromatic heterocycles. The summed E-state index contributed by atoms with van der Waals surface area (Å²) in [5, 5.41) is 5.85. The third-order valence-electron chi connectivity index (χ3n) is 3.01. The number of carbonyl (C=O) groups excluding carboxylic acids is 2. The summed E-state index contributed by atoms with van der Waals surface area (Å²) < 4.78 is 0. The summed E-state index contributed by atoms with van der Waals surface area (Å²) in [6.45, 7) is 1.45. The van der Waals surface area contributed by atoms with E-state index in [9.17, 15) is 9.59 Å². The van der Waals surface area contributed by atoms with Crippen molar-refractivity contribution in [3.05, 3.63) is 60.2 Å². The minimum atomic E-state index is -0.236. The zero-order valence-electron chi connectivity index (χ0n) is 11.3. The molecule has 4 nitrogen and oxygen atoms in total. The lowest BCUT2D eigenvalue weighted by Crippen LogP contribution is -2.26. The molecule has 3 rings (SSSR count). The molecule has 0 N–H and O–H groups in total. The van der Waals surface area contributed by atoms with Crippen LogP contribution in [0, 0.1) is 0 Å². The standard InChI is InChI=1S/C16H12N2O2S/c1-11(19)15-17-18(12-7-3-2-4-8-12)16(20)13-9-5-6-10-14(13)21-15/h2-10H,1H3. The SMILES string of the molecule is CC(=O)C1=NN(c2ccccc2)C(=O)c2ccccc2S1. The van der Waals surface area contributed by atoms with E-state index in [2.05, 4.69) is 5.10 Å². The van der Waals surface area contributed by atoms with Crippen LogP contribution in [0.4, 0.5) is 5.69 Å². The summed E-state index contributed by atoms with van der Waals surface area (Å²) in [7, 11) is 0. The summed E-state index contributed by atoms with van der Waals surface area (Å²) in [5.74, 6) is -0.397. The molecule has 0 aliphatic carbocycles. The lowest BCUT2D eigenvalue weighted by atomic mass is 10.2. The van der Waals surface area contributed by atoms with Crippen LogP contribution in [-0.4, -0.2) is 16.7 Å². The fraction of sp³-hybridized carbons (Fsp3) is 0.0625. The number of rotatable bonds is 2. The van der Waals surface area contributed by atoms with Crippen LogP contribution in [0.15, 0.2) is 64.6 Å². The molecule has 1 heterocycles. The lowest BCUT2D eigenvalue weighted by Gasteiger charge is -2.16. The molecule has 1 amide bonds. The second kappa shape index (κ2) is 5.54. The van der Waals surface area contributed by atoms with Gasteiger partial charge in [-0.15, -0.1) is 0 Å². The van der Waals surface area contributed by atoms with Crippen LogP contribution in [0.2, 0.25) is 0 Å². The number of ketones is 1. The highest BCUT2D eigenvalue weighted by atomic mass is 32.2. The molecule has 21 heavy (non-hydrogen) atoms. The maximum Gasteiger partial charge on any atom is 0.279 e. The Balaban J connectivity index is 2.16. The average Bonchev–Trinajstić information content (AvgIpc) is 2.66. The van der Waals surface area contributed by atoms with Crippen LogP contribution in [0.5, 0.6) is 0 Å². The number of nitrogens with zero attached hydrogens (tertiary/aromatic N) is 2. The first-order valence-corrected chi connectivity index (χ1v) is 7.24. The van der Waals surface area contributed by atoms with Crippen molar-refractivity contribution < 1.29 is 9.59 Å². The third kappa shape index (κ3) is 2.60. The Morgan fingerprint density at radius 2 is 1.71 bits per heavy atom. The second-order valence-electron chi connectivity index (χ2n) is 4.51. The quantitative estimate of drug-likeness (QED) is 0.854. The molecule has 0 spiro atoms. The highest BCUT2D eigenvalue weighted by molar-refractivity contribution is 8.15. The number of fused-ring (bicyclic) bond motifs is 1. The number of thioether (sulfide) groups is 1. The van der Waals surface area contributed by atoms with Gasteiger partial charge in [0.15, 0.2) is 10.8 Å². The van der Waals surface area contributed by atoms with Crippen molar-refractivity contribution in [2.24, 2.45) is 5.10 Å². The molecule has 0 radical (unpaired) electrons. The first-order chi connectivity index (χ1) is 10.2. The topological polar surface area (TPSA) is 49.7 Å². The van der Waals surface area contributed by atoms with E-state index in [0.29, 0.717) is 16.3 Å². The Kier molecular flexibility index (Phi) is 3.58. The van der Waals surface area contributed by atoms with Crippen LogP contribution < -0.4 is 5.01 Å². The Morgan fingerprint density at radius 1 is 1.05 bits per heavy atom. The number of hydrogen-bond donors (Lipinski definition) is 0. The number of anilines is 1. The summed E-state index contributed by atoms with van der Waals surface area (Å²) in [4.78, 5) is 25.2. The van der Waals surface area contributed by atoms with Gasteiger partial charge >= 0.3 is 0 Å². The molecule has 0 unspecified atom stereocenters. The molecule has 0 saturated carbocycles. The van der Waals surface area contributed by atoms with Crippen molar-refractivity contribution in [1.29, 1.82) is 0 Å². The number of hydrazone groups is 1. The Bertz CT molecular complexity index is 741. The van der Waals surface area contributed by atoms with Crippen LogP contribution in [-0.2, 0) is 4.79 Å². The molecular weight excluding hydrogens is 284 g/mol. The molecule has 5 heteroatoms. The van der Waals surface area contributed by atoms with Gasteiger partial charge in [-0.25, -0.2) is 0 Å². The van der Waals surface area contributed by atoms with E-state index < -0.39 is 0 Å². The minimum absolute atomic E-state index is 0.162. The Labute approximate surface area is 126 Å². The molecule has 0 saturated heterocycles. The number of benzene rings is 2. The minimum Gasteiger partial charge on any atom is -0.292 e. The van der Waals surface area contributed by atoms with E-state index >= 15 is 0 Å². The summed E-state index contributed by atoms with van der Waals surface area (Å²) in [6, 6.07) is 16.3. The zero-order valence-corrected chi connectivity index (χ0v) is 12.1. The van der Waals surface area contributed by atoms with Crippen molar-refractivity contribution >= 4 is 34.2 Å². The number of amides is 1. The molecule has 2 aromatic carbocycles. The zero-order chi connectivity index (χ0) is 14.8. The Morgan fingerprint density at radius 3 is 2.43 bits per heavy atom. The smallest absolute Gasteiger partial charge is 0.279 e. The molecule has 104 valence electrons. The number of para-hydroxylation sites is 1. The molecule has 1 aliphatic rings. The van der Waals surface area contributed by atoms with Crippen molar-refractivity contribution in [2.75, 3.05) is 5.01 Å². The molecule has 0 fully saturated rings. The van der Waals surface area contributed by atoms with Crippen molar-refractivity contribution in [3.8, 4) is 0 Å². The monoisotopic (exact) mass is 296 g/mol. The van der Waals surface area contributed by atoms with Gasteiger partial charge in [0.05, 0.1) is 11.3 Å². The number of hydrogen-bond acceptors (Lipinski definition) is 4. The predicted molar refractivity (Wildman–Crippen MR) is 83.7 cm³/mol. The van der Waals surface area contributed by atoms with Crippen LogP contribution in [0.25, 0.3) is 0 Å². The van der Waals surface area contributed by atoms with Gasteiger partial charge in [-0.05, 0) is 24.3 Å². The highest BCUT2D eigenvalue weighted by Crippen LogP contribution is 2.31. The first-order valence-electron chi connectivity index (χ1n) is 6.43. The van der Waals surface area contributed by atoms with Gasteiger partial charge in [0.25, 0.3) is 5.91 Å². The van der Waals surface area contributed by atoms with Gasteiger partial charge in [0.2, 0.25) is 0 Å². The van der Waals surface area contributed by atoms with Gasteiger partial charge in [-0.2, -0.15) is 10.1 Å². The van der Waals surface area contributed by atoms with Crippen LogP contribution >= 0.6 is 11.8 Å². The van der Waals surface area contributed by atoms with Crippen molar-refractivity contribution in [2.45, 2.75) is 11.8 Å². The maximum atomic E-state index is 12.7. The molecule has 1 aliphatic heterocycles. The number of carbonyl (C=O) groups is 2. The van der Waals surface area contributed by atoms with Gasteiger partial charge < -0.3 is 0 Å². The van der Waals surface area contributed by atoms with E-state index in [1.807, 2.05) is 30.3 Å². The fourth-order valence-electron chi connectivity index (χ4n) is 1.99. The summed E-state index contributed by atoms with van der Waals surface area (Å²) in [6.07, 6.45) is 0. The molecular formula is C16H12N2O2S. The van der Waals surface area contributed by atoms with Gasteiger partial charge in [-0.3, -0.25) is 9.59 Å². The first kappa shape index (κ1) is 13.6. The molecule has 0 bridgehead atoms. The summed E-state index contributed by atoms with van der Waals surface area (Å²) >= 11 is 1.23. The van der Waals surface area contributed by atoms with Crippen LogP contribution in [0.3, 0.4) is 0 Å². The lowest BCUT2D eigenvalue weighted by molar-refractivity contribution is -0.110. The normalized spacial score (nSPS) is 14.2. The van der Waals surface area contributed by atoms with Crippen LogP contribution in [0.1, 0.15) is 17.3 Å². The highest BCUT2D eigenvalue weighted by Gasteiger charge is 2.26. The molecule has 2 aromatic rings. The molecule has 0 atom stereocenters. The average molecular weight is 296 g/mol. The van der Waals surface area contributed by atoms with Gasteiger partial charge in [0.1, 0.15) is 0 Å². The third-order valence-corrected chi connectivity index (χ3v) is 4.15. The summed E-state index contributed by atoms with van der Waals surface area (Å²) in [5.41, 5.74) is 1.19. The number of Topliss-reactive ketones (excluding diaryl/α,β-unsaturated/α-hetero) is 1. The van der Waals surface area contributed by atoms with E-state index in [0.717, 1.165) is 4.90 Å². The van der Waals surface area contributed by atoms with E-state index in [4.69, 9.17) is 0 Å². The van der Waals surface area contributed by atoms with E-state index in [1.54, 1.807) is 24.3 Å². The maximum absolute atomic E-state index is 12.7. The largest absolute Gasteiger partial charge is 0.292 e. The van der Waals surface area contributed by atoms with E-state index in [1.165, 1.54) is 23.7 Å². The Hall–Kier alpha value is -2.40.